The van der Waals surface area contributed by atoms with Gasteiger partial charge in [0.05, 0.1) is 6.04 Å². The molecule has 0 aromatic carbocycles. The van der Waals surface area contributed by atoms with Crippen molar-refractivity contribution in [1.29, 1.82) is 0 Å². The first-order chi connectivity index (χ1) is 7.63. The summed E-state index contributed by atoms with van der Waals surface area (Å²) in [5.41, 5.74) is 5.83. The van der Waals surface area contributed by atoms with E-state index in [2.05, 4.69) is 24.2 Å². The molecule has 1 saturated heterocycles. The Morgan fingerprint density at radius 3 is 2.69 bits per heavy atom. The van der Waals surface area contributed by atoms with Crippen LogP contribution >= 0.6 is 0 Å². The van der Waals surface area contributed by atoms with E-state index in [1.165, 1.54) is 0 Å². The highest BCUT2D eigenvalue weighted by atomic mass is 16.2. The molecule has 16 heavy (non-hydrogen) atoms. The molecule has 0 unspecified atom stereocenters. The van der Waals surface area contributed by atoms with E-state index in [1.54, 1.807) is 0 Å². The largest absolute Gasteiger partial charge is 0.352 e. The van der Waals surface area contributed by atoms with E-state index in [-0.39, 0.29) is 11.9 Å². The van der Waals surface area contributed by atoms with Gasteiger partial charge in [0, 0.05) is 6.04 Å². The van der Waals surface area contributed by atoms with E-state index in [0.717, 1.165) is 45.2 Å². The lowest BCUT2D eigenvalue weighted by Crippen LogP contribution is -2.49. The fourth-order valence-corrected chi connectivity index (χ4v) is 2.02. The van der Waals surface area contributed by atoms with Crippen LogP contribution in [0.15, 0.2) is 0 Å². The number of carbonyl (C=O) groups is 1. The molecule has 1 aliphatic rings. The summed E-state index contributed by atoms with van der Waals surface area (Å²) in [6.07, 6.45) is 5.01. The lowest BCUT2D eigenvalue weighted by atomic mass is 10.0. The number of nitrogens with one attached hydrogen (secondary N) is 1. The average Bonchev–Trinajstić information content (AvgIpc) is 2.29. The second-order valence-electron chi connectivity index (χ2n) is 4.83. The van der Waals surface area contributed by atoms with Gasteiger partial charge in [-0.3, -0.25) is 4.79 Å². The molecule has 3 N–H and O–H groups in total. The van der Waals surface area contributed by atoms with Gasteiger partial charge >= 0.3 is 0 Å². The molecular formula is C12H25N3O. The van der Waals surface area contributed by atoms with Gasteiger partial charge in [-0.1, -0.05) is 19.8 Å². The maximum atomic E-state index is 11.7. The summed E-state index contributed by atoms with van der Waals surface area (Å²) in [7, 11) is 2.12. The molecule has 4 heteroatoms. The van der Waals surface area contributed by atoms with E-state index >= 15 is 0 Å². The second-order valence-corrected chi connectivity index (χ2v) is 4.83. The lowest BCUT2D eigenvalue weighted by Gasteiger charge is -2.30. The van der Waals surface area contributed by atoms with Crippen LogP contribution in [0.5, 0.6) is 0 Å². The third-order valence-electron chi connectivity index (χ3n) is 3.27. The molecule has 0 bridgehead atoms. The minimum Gasteiger partial charge on any atom is -0.352 e. The molecule has 0 radical (unpaired) electrons. The zero-order chi connectivity index (χ0) is 12.0. The number of hydrogen-bond acceptors (Lipinski definition) is 3. The van der Waals surface area contributed by atoms with Crippen molar-refractivity contribution in [3.8, 4) is 0 Å². The summed E-state index contributed by atoms with van der Waals surface area (Å²) in [5.74, 6) is 0.0306. The fraction of sp³-hybridized carbons (Fsp3) is 0.917. The molecule has 0 saturated carbocycles. The summed E-state index contributed by atoms with van der Waals surface area (Å²) >= 11 is 0. The maximum Gasteiger partial charge on any atom is 0.237 e. The first-order valence-corrected chi connectivity index (χ1v) is 6.38. The summed E-state index contributed by atoms with van der Waals surface area (Å²) in [5, 5.41) is 3.06. The highest BCUT2D eigenvalue weighted by Crippen LogP contribution is 2.08. The Balaban J connectivity index is 2.22. The SMILES string of the molecule is CCCC[C@H](N)C(=O)NC1CCN(C)CC1. The van der Waals surface area contributed by atoms with Crippen LogP contribution in [0.1, 0.15) is 39.0 Å². The normalized spacial score (nSPS) is 20.7. The number of likely N-dealkylation sites (tertiary alicyclic amines) is 1. The molecule has 1 atom stereocenters. The van der Waals surface area contributed by atoms with E-state index < -0.39 is 0 Å². The molecule has 0 aliphatic carbocycles. The van der Waals surface area contributed by atoms with Gasteiger partial charge in [0.15, 0.2) is 0 Å². The van der Waals surface area contributed by atoms with E-state index in [9.17, 15) is 4.79 Å². The third-order valence-corrected chi connectivity index (χ3v) is 3.27. The van der Waals surface area contributed by atoms with Gasteiger partial charge in [0.2, 0.25) is 5.91 Å². The van der Waals surface area contributed by atoms with Gasteiger partial charge in [-0.15, -0.1) is 0 Å². The Morgan fingerprint density at radius 1 is 1.50 bits per heavy atom. The number of piperidine rings is 1. The predicted molar refractivity (Wildman–Crippen MR) is 66.2 cm³/mol. The van der Waals surface area contributed by atoms with Crippen LogP contribution in [-0.4, -0.2) is 43.0 Å². The smallest absolute Gasteiger partial charge is 0.237 e. The van der Waals surface area contributed by atoms with Crippen molar-refractivity contribution < 1.29 is 4.79 Å². The van der Waals surface area contributed by atoms with Gasteiger partial charge in [0.25, 0.3) is 0 Å². The van der Waals surface area contributed by atoms with Gasteiger partial charge in [-0.2, -0.15) is 0 Å². The zero-order valence-corrected chi connectivity index (χ0v) is 10.5. The number of carbonyl (C=O) groups excluding carboxylic acids is 1. The summed E-state index contributed by atoms with van der Waals surface area (Å²) in [4.78, 5) is 14.0. The highest BCUT2D eigenvalue weighted by molar-refractivity contribution is 5.81. The minimum atomic E-state index is -0.320. The van der Waals surface area contributed by atoms with Gasteiger partial charge in [0.1, 0.15) is 0 Å². The zero-order valence-electron chi connectivity index (χ0n) is 10.5. The highest BCUT2D eigenvalue weighted by Gasteiger charge is 2.20. The molecule has 0 spiro atoms. The van der Waals surface area contributed by atoms with Crippen LogP contribution in [0, 0.1) is 0 Å². The standard InChI is InChI=1S/C12H25N3O/c1-3-4-5-11(13)12(16)14-10-6-8-15(2)9-7-10/h10-11H,3-9,13H2,1-2H3,(H,14,16)/t11-/m0/s1. The van der Waals surface area contributed by atoms with Gasteiger partial charge < -0.3 is 16.0 Å². The average molecular weight is 227 g/mol. The number of amides is 1. The van der Waals surface area contributed by atoms with Crippen LogP contribution in [0.4, 0.5) is 0 Å². The van der Waals surface area contributed by atoms with Crippen LogP contribution in [0.25, 0.3) is 0 Å². The molecule has 0 aromatic rings. The number of nitrogens with two attached hydrogens (primary N) is 1. The summed E-state index contributed by atoms with van der Waals surface area (Å²) in [6, 6.07) is 0.0102. The van der Waals surface area contributed by atoms with Crippen LogP contribution in [0.3, 0.4) is 0 Å². The first-order valence-electron chi connectivity index (χ1n) is 6.38. The Morgan fingerprint density at radius 2 is 2.12 bits per heavy atom. The Labute approximate surface area is 98.6 Å². The molecule has 1 fully saturated rings. The van der Waals surface area contributed by atoms with Crippen molar-refractivity contribution in [1.82, 2.24) is 10.2 Å². The lowest BCUT2D eigenvalue weighted by molar-refractivity contribution is -0.123. The number of hydrogen-bond donors (Lipinski definition) is 2. The third kappa shape index (κ3) is 4.49. The van der Waals surface area contributed by atoms with Crippen LogP contribution < -0.4 is 11.1 Å². The van der Waals surface area contributed by atoms with E-state index in [0.29, 0.717) is 6.04 Å². The molecule has 94 valence electrons. The summed E-state index contributed by atoms with van der Waals surface area (Å²) < 4.78 is 0. The van der Waals surface area contributed by atoms with Gasteiger partial charge in [-0.25, -0.2) is 0 Å². The maximum absolute atomic E-state index is 11.7. The molecule has 0 aromatic heterocycles. The number of unbranched alkanes of at least 4 members (excludes halogenated alkanes) is 1. The molecule has 1 rings (SSSR count). The van der Waals surface area contributed by atoms with E-state index in [4.69, 9.17) is 5.73 Å². The Hall–Kier alpha value is -0.610. The fourth-order valence-electron chi connectivity index (χ4n) is 2.02. The number of nitrogens with zero attached hydrogens (tertiary/aromatic N) is 1. The van der Waals surface area contributed by atoms with Crippen molar-refractivity contribution in [2.75, 3.05) is 20.1 Å². The van der Waals surface area contributed by atoms with Crippen molar-refractivity contribution in [3.63, 3.8) is 0 Å². The first kappa shape index (κ1) is 13.5. The molecule has 1 aliphatic heterocycles. The minimum absolute atomic E-state index is 0.0306. The molecular weight excluding hydrogens is 202 g/mol. The predicted octanol–water partition coefficient (Wildman–Crippen LogP) is 0.714. The van der Waals surface area contributed by atoms with Crippen molar-refractivity contribution >= 4 is 5.91 Å². The van der Waals surface area contributed by atoms with Crippen LogP contribution in [-0.2, 0) is 4.79 Å². The monoisotopic (exact) mass is 227 g/mol. The van der Waals surface area contributed by atoms with Gasteiger partial charge in [-0.05, 0) is 39.4 Å². The topological polar surface area (TPSA) is 58.4 Å². The van der Waals surface area contributed by atoms with Crippen LogP contribution in [0.2, 0.25) is 0 Å². The quantitative estimate of drug-likeness (QED) is 0.727. The molecule has 1 heterocycles. The summed E-state index contributed by atoms with van der Waals surface area (Å²) in [6.45, 7) is 4.24. The van der Waals surface area contributed by atoms with Crippen molar-refractivity contribution in [3.05, 3.63) is 0 Å². The Kier molecular flexibility index (Phi) is 5.77. The molecule has 4 nitrogen and oxygen atoms in total. The van der Waals surface area contributed by atoms with Crippen molar-refractivity contribution in [2.24, 2.45) is 5.73 Å². The molecule has 1 amide bonds. The van der Waals surface area contributed by atoms with Crippen molar-refractivity contribution in [2.45, 2.75) is 51.1 Å². The number of rotatable bonds is 5. The second kappa shape index (κ2) is 6.86. The van der Waals surface area contributed by atoms with E-state index in [1.807, 2.05) is 0 Å². The Bertz CT molecular complexity index is 212.